The lowest BCUT2D eigenvalue weighted by molar-refractivity contribution is -0.134. The van der Waals surface area contributed by atoms with Gasteiger partial charge in [-0.2, -0.15) is 0 Å². The monoisotopic (exact) mass is 428 g/mol. The average Bonchev–Trinajstić information content (AvgIpc) is 2.76. The molecular formula is C24H28O7. The predicted molar refractivity (Wildman–Crippen MR) is 118 cm³/mol. The van der Waals surface area contributed by atoms with E-state index in [1.165, 1.54) is 14.0 Å². The third-order valence-corrected chi connectivity index (χ3v) is 4.48. The molecule has 0 amide bonds. The molecule has 0 aliphatic rings. The van der Waals surface area contributed by atoms with Crippen LogP contribution < -0.4 is 23.7 Å². The zero-order chi connectivity index (χ0) is 22.8. The number of carbonyl (C=O) groups is 2. The first-order valence-corrected chi connectivity index (χ1v) is 9.78. The standard InChI is InChI=1S/C24H28O7/c1-16(25)7-6-8-23(26)31-20-13-17(11-12-19(20)27-2)9-10-18-14-21(28-3)24(30-5)22(15-18)29-4/h9-15H,6-8H2,1-5H3/b10-9-. The van der Waals surface area contributed by atoms with Gasteiger partial charge in [-0.25, -0.2) is 0 Å². The Morgan fingerprint density at radius 3 is 1.87 bits per heavy atom. The molecule has 7 heteroatoms. The van der Waals surface area contributed by atoms with Crippen molar-refractivity contribution in [1.29, 1.82) is 0 Å². The van der Waals surface area contributed by atoms with E-state index >= 15 is 0 Å². The minimum absolute atomic E-state index is 0.0457. The Morgan fingerprint density at radius 1 is 0.742 bits per heavy atom. The fourth-order valence-corrected chi connectivity index (χ4v) is 2.92. The Labute approximate surface area is 182 Å². The van der Waals surface area contributed by atoms with Gasteiger partial charge in [0.05, 0.1) is 28.4 Å². The molecule has 0 bridgehead atoms. The van der Waals surface area contributed by atoms with Crippen molar-refractivity contribution >= 4 is 23.9 Å². The van der Waals surface area contributed by atoms with Gasteiger partial charge < -0.3 is 28.5 Å². The van der Waals surface area contributed by atoms with Crippen LogP contribution in [0.15, 0.2) is 30.3 Å². The minimum Gasteiger partial charge on any atom is -0.493 e. The normalized spacial score (nSPS) is 10.6. The topological polar surface area (TPSA) is 80.3 Å². The summed E-state index contributed by atoms with van der Waals surface area (Å²) in [6.07, 6.45) is 4.72. The lowest BCUT2D eigenvalue weighted by Gasteiger charge is -2.13. The van der Waals surface area contributed by atoms with Crippen LogP contribution in [0.5, 0.6) is 28.7 Å². The third kappa shape index (κ3) is 6.77. The molecule has 166 valence electrons. The Balaban J connectivity index is 2.22. The fraction of sp³-hybridized carbons (Fsp3) is 0.333. The molecule has 0 saturated carbocycles. The maximum atomic E-state index is 12.1. The highest BCUT2D eigenvalue weighted by molar-refractivity contribution is 5.78. The van der Waals surface area contributed by atoms with Crippen LogP contribution >= 0.6 is 0 Å². The van der Waals surface area contributed by atoms with Crippen LogP contribution in [0.3, 0.4) is 0 Å². The van der Waals surface area contributed by atoms with Gasteiger partial charge in [0.25, 0.3) is 0 Å². The molecule has 0 saturated heterocycles. The van der Waals surface area contributed by atoms with Gasteiger partial charge in [-0.15, -0.1) is 0 Å². The van der Waals surface area contributed by atoms with Crippen molar-refractivity contribution in [3.8, 4) is 28.7 Å². The van der Waals surface area contributed by atoms with Gasteiger partial charge in [0.1, 0.15) is 5.78 Å². The number of Topliss-reactive ketones (excluding diaryl/α,β-unsaturated/α-hetero) is 1. The van der Waals surface area contributed by atoms with Crippen LogP contribution in [0.2, 0.25) is 0 Å². The zero-order valence-electron chi connectivity index (χ0n) is 18.5. The number of ketones is 1. The van der Waals surface area contributed by atoms with Crippen molar-refractivity contribution in [2.24, 2.45) is 0 Å². The highest BCUT2D eigenvalue weighted by atomic mass is 16.6. The third-order valence-electron chi connectivity index (χ3n) is 4.48. The average molecular weight is 428 g/mol. The van der Waals surface area contributed by atoms with Crippen molar-refractivity contribution in [2.45, 2.75) is 26.2 Å². The number of benzene rings is 2. The van der Waals surface area contributed by atoms with Gasteiger partial charge in [-0.1, -0.05) is 18.2 Å². The van der Waals surface area contributed by atoms with Crippen LogP contribution in [0.1, 0.15) is 37.3 Å². The maximum Gasteiger partial charge on any atom is 0.311 e. The number of rotatable bonds is 11. The lowest BCUT2D eigenvalue weighted by Crippen LogP contribution is -2.09. The molecule has 2 aromatic carbocycles. The SMILES string of the molecule is COc1ccc(/C=C\c2cc(OC)c(OC)c(OC)c2)cc1OC(=O)CCCC(C)=O. The second kappa shape index (κ2) is 11.6. The van der Waals surface area contributed by atoms with Crippen molar-refractivity contribution < 1.29 is 33.3 Å². The van der Waals surface area contributed by atoms with E-state index in [1.54, 1.807) is 33.5 Å². The summed E-state index contributed by atoms with van der Waals surface area (Å²) < 4.78 is 26.8. The first-order chi connectivity index (χ1) is 14.9. The van der Waals surface area contributed by atoms with E-state index in [0.717, 1.165) is 11.1 Å². The fourth-order valence-electron chi connectivity index (χ4n) is 2.92. The molecule has 0 atom stereocenters. The van der Waals surface area contributed by atoms with Gasteiger partial charge in [0, 0.05) is 12.8 Å². The molecule has 0 aromatic heterocycles. The number of esters is 1. The summed E-state index contributed by atoms with van der Waals surface area (Å²) in [5.74, 6) is 2.03. The maximum absolute atomic E-state index is 12.1. The first-order valence-electron chi connectivity index (χ1n) is 9.78. The van der Waals surface area contributed by atoms with Crippen molar-refractivity contribution in [3.05, 3.63) is 41.5 Å². The molecule has 2 rings (SSSR count). The molecular weight excluding hydrogens is 400 g/mol. The van der Waals surface area contributed by atoms with E-state index in [-0.39, 0.29) is 12.2 Å². The summed E-state index contributed by atoms with van der Waals surface area (Å²) in [5.41, 5.74) is 1.65. The van der Waals surface area contributed by atoms with Gasteiger partial charge in [0.15, 0.2) is 23.0 Å². The van der Waals surface area contributed by atoms with Crippen molar-refractivity contribution in [1.82, 2.24) is 0 Å². The molecule has 0 unspecified atom stereocenters. The summed E-state index contributed by atoms with van der Waals surface area (Å²) in [6, 6.07) is 8.96. The van der Waals surface area contributed by atoms with Crippen LogP contribution in [0, 0.1) is 0 Å². The lowest BCUT2D eigenvalue weighted by atomic mass is 10.1. The first kappa shape index (κ1) is 23.8. The van der Waals surface area contributed by atoms with Gasteiger partial charge in [-0.3, -0.25) is 4.79 Å². The molecule has 0 aliphatic heterocycles. The highest BCUT2D eigenvalue weighted by Gasteiger charge is 2.13. The Kier molecular flexibility index (Phi) is 8.94. The molecule has 0 spiro atoms. The van der Waals surface area contributed by atoms with Gasteiger partial charge in [-0.05, 0) is 48.7 Å². The quantitative estimate of drug-likeness (QED) is 0.295. The van der Waals surface area contributed by atoms with Crippen LogP contribution in [0.25, 0.3) is 12.2 Å². The second-order valence-corrected chi connectivity index (χ2v) is 6.73. The zero-order valence-corrected chi connectivity index (χ0v) is 18.5. The summed E-state index contributed by atoms with van der Waals surface area (Å²) in [4.78, 5) is 23.1. The molecule has 0 heterocycles. The van der Waals surface area contributed by atoms with Crippen molar-refractivity contribution in [2.75, 3.05) is 28.4 Å². The van der Waals surface area contributed by atoms with Crippen LogP contribution in [0.4, 0.5) is 0 Å². The van der Waals surface area contributed by atoms with Crippen LogP contribution in [-0.2, 0) is 9.59 Å². The van der Waals surface area contributed by atoms with Crippen LogP contribution in [-0.4, -0.2) is 40.2 Å². The van der Waals surface area contributed by atoms with E-state index in [9.17, 15) is 9.59 Å². The smallest absolute Gasteiger partial charge is 0.311 e. The number of carbonyl (C=O) groups excluding carboxylic acids is 2. The highest BCUT2D eigenvalue weighted by Crippen LogP contribution is 2.38. The molecule has 0 aliphatic carbocycles. The summed E-state index contributed by atoms with van der Waals surface area (Å²) in [7, 11) is 6.18. The Hall–Kier alpha value is -3.48. The van der Waals surface area contributed by atoms with Gasteiger partial charge >= 0.3 is 5.97 Å². The molecule has 0 N–H and O–H groups in total. The summed E-state index contributed by atoms with van der Waals surface area (Å²) in [6.45, 7) is 1.50. The van der Waals surface area contributed by atoms with E-state index in [2.05, 4.69) is 0 Å². The molecule has 2 aromatic rings. The number of hydrogen-bond acceptors (Lipinski definition) is 7. The Bertz CT molecular complexity index is 922. The summed E-state index contributed by atoms with van der Waals surface area (Å²) >= 11 is 0. The molecule has 31 heavy (non-hydrogen) atoms. The second-order valence-electron chi connectivity index (χ2n) is 6.73. The number of methoxy groups -OCH3 is 4. The number of ether oxygens (including phenoxy) is 5. The van der Waals surface area contributed by atoms with E-state index in [0.29, 0.717) is 41.6 Å². The van der Waals surface area contributed by atoms with Crippen molar-refractivity contribution in [3.63, 3.8) is 0 Å². The van der Waals surface area contributed by atoms with E-state index < -0.39 is 5.97 Å². The number of hydrogen-bond donors (Lipinski definition) is 0. The molecule has 0 fully saturated rings. The molecule has 7 nitrogen and oxygen atoms in total. The minimum atomic E-state index is -0.412. The largest absolute Gasteiger partial charge is 0.493 e. The van der Waals surface area contributed by atoms with E-state index in [1.807, 2.05) is 30.4 Å². The Morgan fingerprint density at radius 2 is 1.32 bits per heavy atom. The van der Waals surface area contributed by atoms with E-state index in [4.69, 9.17) is 23.7 Å². The summed E-state index contributed by atoms with van der Waals surface area (Å²) in [5, 5.41) is 0. The van der Waals surface area contributed by atoms with Gasteiger partial charge in [0.2, 0.25) is 5.75 Å². The predicted octanol–water partition coefficient (Wildman–Crippen LogP) is 4.56. The molecule has 0 radical (unpaired) electrons.